The monoisotopic (exact) mass is 434 g/mol. The molecule has 0 spiro atoms. The highest BCUT2D eigenvalue weighted by molar-refractivity contribution is 5.91. The Bertz CT molecular complexity index is 1050. The molecule has 0 unspecified atom stereocenters. The first-order valence-electron chi connectivity index (χ1n) is 9.36. The van der Waals surface area contributed by atoms with E-state index in [0.29, 0.717) is 17.9 Å². The molecule has 10 heteroatoms. The zero-order valence-corrected chi connectivity index (χ0v) is 16.9. The van der Waals surface area contributed by atoms with Gasteiger partial charge >= 0.3 is 6.18 Å². The van der Waals surface area contributed by atoms with E-state index < -0.39 is 12.8 Å². The highest BCUT2D eigenvalue weighted by Gasteiger charge is 2.29. The van der Waals surface area contributed by atoms with Gasteiger partial charge in [0.05, 0.1) is 7.11 Å². The van der Waals surface area contributed by atoms with Crippen LogP contribution in [0, 0.1) is 0 Å². The van der Waals surface area contributed by atoms with Gasteiger partial charge in [-0.05, 0) is 36.2 Å². The normalized spacial score (nSPS) is 11.3. The summed E-state index contributed by atoms with van der Waals surface area (Å²) in [5.74, 6) is 0.648. The van der Waals surface area contributed by atoms with E-state index in [1.807, 2.05) is 19.2 Å². The lowest BCUT2D eigenvalue weighted by Crippen LogP contribution is -2.19. The number of hydrogen-bond donors (Lipinski definition) is 1. The Hall–Kier alpha value is -3.56. The average Bonchev–Trinajstić information content (AvgIpc) is 3.16. The van der Waals surface area contributed by atoms with Crippen LogP contribution in [0.3, 0.4) is 0 Å². The lowest BCUT2D eigenvalue weighted by atomic mass is 10.1. The number of aromatic nitrogens is 3. The first-order valence-corrected chi connectivity index (χ1v) is 9.36. The molecule has 164 valence electrons. The number of carbonyl (C=O) groups is 1. The summed E-state index contributed by atoms with van der Waals surface area (Å²) in [6.45, 7) is -1.40. The van der Waals surface area contributed by atoms with Crippen molar-refractivity contribution in [2.24, 2.45) is 7.05 Å². The third-order valence-corrected chi connectivity index (χ3v) is 4.38. The molecular weight excluding hydrogens is 413 g/mol. The molecule has 0 aliphatic carbocycles. The van der Waals surface area contributed by atoms with Gasteiger partial charge in [-0.15, -0.1) is 10.2 Å². The number of carbonyl (C=O) groups excluding carboxylic acids is 1. The molecule has 7 nitrogen and oxygen atoms in total. The minimum atomic E-state index is -4.44. The van der Waals surface area contributed by atoms with Crippen molar-refractivity contribution in [1.29, 1.82) is 0 Å². The standard InChI is InChI=1S/C21H21F3N4O3/c1-28-13-25-27-20(28)15-4-3-5-16(11-15)26-19(29)9-7-14-6-8-17(18(10-14)30-2)31-12-21(22,23)24/h3-6,8,10-11,13H,7,9,12H2,1-2H3,(H,26,29). The fourth-order valence-corrected chi connectivity index (χ4v) is 2.91. The number of benzene rings is 2. The molecule has 1 N–H and O–H groups in total. The molecule has 0 atom stereocenters. The molecule has 0 aliphatic rings. The van der Waals surface area contributed by atoms with Crippen LogP contribution < -0.4 is 14.8 Å². The molecule has 31 heavy (non-hydrogen) atoms. The second-order valence-electron chi connectivity index (χ2n) is 6.78. The fourth-order valence-electron chi connectivity index (χ4n) is 2.91. The molecule has 2 aromatic carbocycles. The van der Waals surface area contributed by atoms with Crippen LogP contribution in [-0.4, -0.2) is 40.6 Å². The van der Waals surface area contributed by atoms with E-state index in [4.69, 9.17) is 9.47 Å². The minimum Gasteiger partial charge on any atom is -0.493 e. The average molecular weight is 434 g/mol. The zero-order chi connectivity index (χ0) is 22.4. The summed E-state index contributed by atoms with van der Waals surface area (Å²) in [4.78, 5) is 12.4. The van der Waals surface area contributed by atoms with Crippen LogP contribution in [0.15, 0.2) is 48.8 Å². The van der Waals surface area contributed by atoms with Gasteiger partial charge in [0, 0.05) is 24.7 Å². The van der Waals surface area contributed by atoms with Crippen molar-refractivity contribution in [2.75, 3.05) is 19.0 Å². The number of rotatable bonds is 8. The van der Waals surface area contributed by atoms with Gasteiger partial charge in [-0.3, -0.25) is 4.79 Å². The Morgan fingerprint density at radius 1 is 1.16 bits per heavy atom. The zero-order valence-electron chi connectivity index (χ0n) is 16.9. The summed E-state index contributed by atoms with van der Waals surface area (Å²) in [6.07, 6.45) is -2.29. The van der Waals surface area contributed by atoms with Crippen molar-refractivity contribution < 1.29 is 27.4 Å². The van der Waals surface area contributed by atoms with Crippen molar-refractivity contribution in [2.45, 2.75) is 19.0 Å². The molecule has 0 radical (unpaired) electrons. The summed E-state index contributed by atoms with van der Waals surface area (Å²) in [5, 5.41) is 10.7. The van der Waals surface area contributed by atoms with E-state index in [9.17, 15) is 18.0 Å². The molecule has 0 saturated carbocycles. The van der Waals surface area contributed by atoms with Gasteiger partial charge in [0.1, 0.15) is 6.33 Å². The van der Waals surface area contributed by atoms with Gasteiger partial charge in [-0.2, -0.15) is 13.2 Å². The number of anilines is 1. The van der Waals surface area contributed by atoms with Gasteiger partial charge in [0.25, 0.3) is 0 Å². The van der Waals surface area contributed by atoms with Gasteiger partial charge in [0.2, 0.25) is 5.91 Å². The summed E-state index contributed by atoms with van der Waals surface area (Å²) < 4.78 is 48.7. The maximum Gasteiger partial charge on any atom is 0.422 e. The third kappa shape index (κ3) is 6.21. The van der Waals surface area contributed by atoms with Crippen LogP contribution in [-0.2, 0) is 18.3 Å². The van der Waals surface area contributed by atoms with Crippen LogP contribution in [0.5, 0.6) is 11.5 Å². The topological polar surface area (TPSA) is 78.3 Å². The van der Waals surface area contributed by atoms with Crippen LogP contribution in [0.1, 0.15) is 12.0 Å². The van der Waals surface area contributed by atoms with Gasteiger partial charge in [-0.25, -0.2) is 0 Å². The van der Waals surface area contributed by atoms with Crippen LogP contribution >= 0.6 is 0 Å². The van der Waals surface area contributed by atoms with E-state index >= 15 is 0 Å². The molecule has 1 heterocycles. The van der Waals surface area contributed by atoms with Crippen molar-refractivity contribution in [3.63, 3.8) is 0 Å². The van der Waals surface area contributed by atoms with E-state index in [1.165, 1.54) is 13.2 Å². The number of hydrogen-bond acceptors (Lipinski definition) is 5. The highest BCUT2D eigenvalue weighted by Crippen LogP contribution is 2.30. The fraction of sp³-hybridized carbons (Fsp3) is 0.286. The van der Waals surface area contributed by atoms with E-state index in [-0.39, 0.29) is 23.8 Å². The molecule has 3 rings (SSSR count). The number of ether oxygens (including phenoxy) is 2. The first kappa shape index (κ1) is 22.1. The molecule has 0 fully saturated rings. The van der Waals surface area contributed by atoms with Crippen molar-refractivity contribution in [3.8, 4) is 22.9 Å². The largest absolute Gasteiger partial charge is 0.493 e. The first-order chi connectivity index (χ1) is 14.7. The number of aryl methyl sites for hydroxylation is 2. The molecular formula is C21H21F3N4O3. The number of nitrogens with one attached hydrogen (secondary N) is 1. The maximum atomic E-state index is 12.4. The minimum absolute atomic E-state index is 0.00591. The summed E-state index contributed by atoms with van der Waals surface area (Å²) >= 11 is 0. The third-order valence-electron chi connectivity index (χ3n) is 4.38. The second kappa shape index (κ2) is 9.50. The SMILES string of the molecule is COc1cc(CCC(=O)Nc2cccc(-c3nncn3C)c2)ccc1OCC(F)(F)F. The summed E-state index contributed by atoms with van der Waals surface area (Å²) in [5.41, 5.74) is 2.18. The summed E-state index contributed by atoms with van der Waals surface area (Å²) in [7, 11) is 3.17. The van der Waals surface area contributed by atoms with Gasteiger partial charge in [-0.1, -0.05) is 18.2 Å². The molecule has 0 aliphatic heterocycles. The lowest BCUT2D eigenvalue weighted by Gasteiger charge is -2.13. The van der Waals surface area contributed by atoms with E-state index in [2.05, 4.69) is 15.5 Å². The van der Waals surface area contributed by atoms with Crippen LogP contribution in [0.25, 0.3) is 11.4 Å². The molecule has 0 saturated heterocycles. The smallest absolute Gasteiger partial charge is 0.422 e. The molecule has 1 aromatic heterocycles. The highest BCUT2D eigenvalue weighted by atomic mass is 19.4. The Balaban J connectivity index is 1.59. The maximum absolute atomic E-state index is 12.4. The number of methoxy groups -OCH3 is 1. The van der Waals surface area contributed by atoms with E-state index in [1.54, 1.807) is 35.2 Å². The Kier molecular flexibility index (Phi) is 6.78. The predicted octanol–water partition coefficient (Wildman–Crippen LogP) is 4.00. The summed E-state index contributed by atoms with van der Waals surface area (Å²) in [6, 6.07) is 11.8. The Morgan fingerprint density at radius 2 is 1.97 bits per heavy atom. The number of alkyl halides is 3. The van der Waals surface area contributed by atoms with Crippen molar-refractivity contribution in [1.82, 2.24) is 14.8 Å². The lowest BCUT2D eigenvalue weighted by molar-refractivity contribution is -0.153. The number of nitrogens with zero attached hydrogens (tertiary/aromatic N) is 3. The quantitative estimate of drug-likeness (QED) is 0.580. The molecule has 0 bridgehead atoms. The van der Waals surface area contributed by atoms with Gasteiger partial charge < -0.3 is 19.4 Å². The second-order valence-corrected chi connectivity index (χ2v) is 6.78. The number of amides is 1. The predicted molar refractivity (Wildman–Crippen MR) is 108 cm³/mol. The van der Waals surface area contributed by atoms with Crippen molar-refractivity contribution >= 4 is 11.6 Å². The molecule has 1 amide bonds. The van der Waals surface area contributed by atoms with Crippen LogP contribution in [0.2, 0.25) is 0 Å². The molecule has 3 aromatic rings. The number of halogens is 3. The Labute approximate surface area is 176 Å². The van der Waals surface area contributed by atoms with Gasteiger partial charge in [0.15, 0.2) is 23.9 Å². The van der Waals surface area contributed by atoms with Crippen LogP contribution in [0.4, 0.5) is 18.9 Å². The van der Waals surface area contributed by atoms with E-state index in [0.717, 1.165) is 11.1 Å². The van der Waals surface area contributed by atoms with Crippen molar-refractivity contribution in [3.05, 3.63) is 54.4 Å². The Morgan fingerprint density at radius 3 is 2.65 bits per heavy atom.